The average Bonchev–Trinajstić information content (AvgIpc) is 2.82. The molecule has 2 N–H and O–H groups in total. The summed E-state index contributed by atoms with van der Waals surface area (Å²) in [4.78, 5) is 24.9. The number of allylic oxidation sites excluding steroid dienone is 2. The van der Waals surface area contributed by atoms with E-state index < -0.39 is 36.2 Å². The summed E-state index contributed by atoms with van der Waals surface area (Å²) >= 11 is 0. The van der Waals surface area contributed by atoms with Crippen molar-refractivity contribution in [2.45, 2.75) is 82.9 Å². The van der Waals surface area contributed by atoms with Crippen molar-refractivity contribution in [2.75, 3.05) is 0 Å². The van der Waals surface area contributed by atoms with Crippen LogP contribution in [-0.4, -0.2) is 52.7 Å². The molecule has 7 nitrogen and oxygen atoms in total. The molecule has 3 aliphatic rings. The molecule has 1 saturated heterocycles. The second-order valence-electron chi connectivity index (χ2n) is 10.1. The van der Waals surface area contributed by atoms with E-state index in [9.17, 15) is 24.2 Å². The molecule has 0 aromatic heterocycles. The maximum absolute atomic E-state index is 14.1. The Hall–Kier alpha value is -2.71. The molecule has 196 valence electrons. The number of hydrogen-bond acceptors (Lipinski definition) is 7. The summed E-state index contributed by atoms with van der Waals surface area (Å²) in [5, 5.41) is 20.4. The third kappa shape index (κ3) is 6.16. The van der Waals surface area contributed by atoms with E-state index >= 15 is 0 Å². The number of halogens is 1. The molecule has 8 atom stereocenters. The number of carbonyl (C=O) groups is 2. The Morgan fingerprint density at radius 2 is 2.00 bits per heavy atom. The number of aliphatic hydroxyl groups excluding tert-OH is 2. The van der Waals surface area contributed by atoms with E-state index in [0.717, 1.165) is 5.57 Å². The fourth-order valence-electron chi connectivity index (χ4n) is 5.62. The van der Waals surface area contributed by atoms with Gasteiger partial charge in [-0.15, -0.1) is 0 Å². The SMILES string of the molecule is CCC(Oc1ccccc1F)C(=O)O[C@H]1C[C@H](O)C=C2C=C[C@H](C)[C@H](CC[C@@H]3C[C@@H](O)CC(=O)O3)[C@H]21. The zero-order chi connectivity index (χ0) is 25.8. The number of aliphatic hydroxyl groups is 2. The van der Waals surface area contributed by atoms with Crippen LogP contribution in [0.2, 0.25) is 0 Å². The number of fused-ring (bicyclic) bond motifs is 1. The third-order valence-electron chi connectivity index (χ3n) is 7.44. The van der Waals surface area contributed by atoms with Gasteiger partial charge in [-0.2, -0.15) is 0 Å². The van der Waals surface area contributed by atoms with Crippen LogP contribution in [0.5, 0.6) is 5.75 Å². The second kappa shape index (κ2) is 11.6. The third-order valence-corrected chi connectivity index (χ3v) is 7.44. The minimum Gasteiger partial charge on any atom is -0.476 e. The first-order valence-electron chi connectivity index (χ1n) is 12.8. The molecule has 1 heterocycles. The van der Waals surface area contributed by atoms with Gasteiger partial charge in [0.25, 0.3) is 0 Å². The van der Waals surface area contributed by atoms with Crippen LogP contribution in [0.25, 0.3) is 0 Å². The Balaban J connectivity index is 1.48. The lowest BCUT2D eigenvalue weighted by molar-refractivity contribution is -0.165. The Bertz CT molecular complexity index is 1010. The Labute approximate surface area is 210 Å². The average molecular weight is 503 g/mol. The number of esters is 2. The quantitative estimate of drug-likeness (QED) is 0.520. The van der Waals surface area contributed by atoms with Crippen LogP contribution >= 0.6 is 0 Å². The summed E-state index contributed by atoms with van der Waals surface area (Å²) in [5.74, 6) is -1.44. The van der Waals surface area contributed by atoms with E-state index in [0.29, 0.717) is 25.7 Å². The van der Waals surface area contributed by atoms with Crippen LogP contribution in [0.3, 0.4) is 0 Å². The first-order chi connectivity index (χ1) is 17.2. The number of ether oxygens (including phenoxy) is 3. The largest absolute Gasteiger partial charge is 0.476 e. The summed E-state index contributed by atoms with van der Waals surface area (Å²) in [6.07, 6.45) is 4.80. The molecular formula is C28H35FO7. The molecule has 2 aliphatic carbocycles. The Kier molecular flexibility index (Phi) is 8.46. The molecule has 0 bridgehead atoms. The van der Waals surface area contributed by atoms with Gasteiger partial charge in [0.1, 0.15) is 12.2 Å². The Morgan fingerprint density at radius 3 is 2.72 bits per heavy atom. The highest BCUT2D eigenvalue weighted by molar-refractivity contribution is 5.75. The van der Waals surface area contributed by atoms with Crippen LogP contribution in [0.1, 0.15) is 52.4 Å². The van der Waals surface area contributed by atoms with Crippen molar-refractivity contribution in [1.82, 2.24) is 0 Å². The van der Waals surface area contributed by atoms with Gasteiger partial charge in [-0.1, -0.05) is 44.2 Å². The zero-order valence-corrected chi connectivity index (χ0v) is 20.7. The van der Waals surface area contributed by atoms with E-state index in [1.54, 1.807) is 19.1 Å². The molecule has 1 aliphatic heterocycles. The minimum absolute atomic E-state index is 0.0121. The highest BCUT2D eigenvalue weighted by Gasteiger charge is 2.43. The molecule has 1 fully saturated rings. The smallest absolute Gasteiger partial charge is 0.347 e. The molecule has 0 spiro atoms. The van der Waals surface area contributed by atoms with E-state index in [1.165, 1.54) is 12.1 Å². The van der Waals surface area contributed by atoms with Gasteiger partial charge < -0.3 is 24.4 Å². The van der Waals surface area contributed by atoms with Crippen LogP contribution in [0, 0.1) is 23.6 Å². The van der Waals surface area contributed by atoms with Gasteiger partial charge in [0.05, 0.1) is 18.6 Å². The molecular weight excluding hydrogens is 467 g/mol. The normalized spacial score (nSPS) is 32.6. The predicted molar refractivity (Wildman–Crippen MR) is 129 cm³/mol. The van der Waals surface area contributed by atoms with Crippen molar-refractivity contribution in [2.24, 2.45) is 17.8 Å². The first-order valence-corrected chi connectivity index (χ1v) is 12.8. The number of cyclic esters (lactones) is 1. The lowest BCUT2D eigenvalue weighted by atomic mass is 9.66. The van der Waals surface area contributed by atoms with Gasteiger partial charge in [0.15, 0.2) is 17.7 Å². The van der Waals surface area contributed by atoms with E-state index in [1.807, 2.05) is 12.2 Å². The van der Waals surface area contributed by atoms with Crippen molar-refractivity contribution in [1.29, 1.82) is 0 Å². The highest BCUT2D eigenvalue weighted by atomic mass is 19.1. The maximum Gasteiger partial charge on any atom is 0.347 e. The monoisotopic (exact) mass is 502 g/mol. The van der Waals surface area contributed by atoms with Crippen LogP contribution in [-0.2, 0) is 19.1 Å². The maximum atomic E-state index is 14.1. The first kappa shape index (κ1) is 26.4. The van der Waals surface area contributed by atoms with Crippen molar-refractivity contribution < 1.29 is 38.4 Å². The van der Waals surface area contributed by atoms with Crippen LogP contribution in [0.4, 0.5) is 4.39 Å². The topological polar surface area (TPSA) is 102 Å². The summed E-state index contributed by atoms with van der Waals surface area (Å²) in [5.41, 5.74) is 0.915. The fourth-order valence-corrected chi connectivity index (χ4v) is 5.62. The van der Waals surface area contributed by atoms with Crippen molar-refractivity contribution >= 4 is 11.9 Å². The lowest BCUT2D eigenvalue weighted by Crippen LogP contribution is -2.44. The van der Waals surface area contributed by atoms with Gasteiger partial charge in [-0.05, 0) is 48.8 Å². The van der Waals surface area contributed by atoms with Gasteiger partial charge in [0, 0.05) is 18.8 Å². The molecule has 0 saturated carbocycles. The van der Waals surface area contributed by atoms with E-state index in [4.69, 9.17) is 14.2 Å². The highest BCUT2D eigenvalue weighted by Crippen LogP contribution is 2.44. The summed E-state index contributed by atoms with van der Waals surface area (Å²) in [7, 11) is 0. The number of rotatable bonds is 8. The molecule has 4 rings (SSSR count). The summed E-state index contributed by atoms with van der Waals surface area (Å²) in [6, 6.07) is 5.92. The van der Waals surface area contributed by atoms with Gasteiger partial charge in [-0.3, -0.25) is 4.79 Å². The van der Waals surface area contributed by atoms with Crippen molar-refractivity contribution in [3.05, 3.63) is 53.9 Å². The molecule has 1 aromatic carbocycles. The molecule has 0 amide bonds. The molecule has 36 heavy (non-hydrogen) atoms. The zero-order valence-electron chi connectivity index (χ0n) is 20.7. The summed E-state index contributed by atoms with van der Waals surface area (Å²) < 4.78 is 31.1. The van der Waals surface area contributed by atoms with Crippen molar-refractivity contribution in [3.63, 3.8) is 0 Å². The molecule has 8 heteroatoms. The van der Waals surface area contributed by atoms with Gasteiger partial charge in [0.2, 0.25) is 0 Å². The summed E-state index contributed by atoms with van der Waals surface area (Å²) in [6.45, 7) is 3.86. The van der Waals surface area contributed by atoms with Gasteiger partial charge >= 0.3 is 11.9 Å². The standard InChI is InChI=1S/C28H35FO7/c1-3-23(35-24-7-5-4-6-22(24)29)28(33)36-25-14-18(30)12-17-9-8-16(2)21(27(17)25)11-10-20-13-19(31)15-26(32)34-20/h4-9,12,16,18-21,23,25,27,30-31H,3,10-11,13-15H2,1-2H3/t16-,18+,19+,20+,21-,23?,25-,27-/m0/s1. The van der Waals surface area contributed by atoms with Crippen LogP contribution < -0.4 is 4.74 Å². The number of hydrogen-bond donors (Lipinski definition) is 2. The van der Waals surface area contributed by atoms with E-state index in [2.05, 4.69) is 13.0 Å². The lowest BCUT2D eigenvalue weighted by Gasteiger charge is -2.43. The number of benzene rings is 1. The molecule has 1 aromatic rings. The minimum atomic E-state index is -0.980. The molecule has 1 unspecified atom stereocenters. The van der Waals surface area contributed by atoms with Gasteiger partial charge in [-0.25, -0.2) is 9.18 Å². The van der Waals surface area contributed by atoms with E-state index in [-0.39, 0.29) is 48.4 Å². The van der Waals surface area contributed by atoms with Crippen LogP contribution in [0.15, 0.2) is 48.1 Å². The van der Waals surface area contributed by atoms with Crippen molar-refractivity contribution in [3.8, 4) is 5.75 Å². The Morgan fingerprint density at radius 1 is 1.22 bits per heavy atom. The fraction of sp³-hybridized carbons (Fsp3) is 0.571. The second-order valence-corrected chi connectivity index (χ2v) is 10.1. The predicted octanol–water partition coefficient (Wildman–Crippen LogP) is 3.87. The number of para-hydroxylation sites is 1. The number of carbonyl (C=O) groups excluding carboxylic acids is 2. The molecule has 0 radical (unpaired) electrons.